The zero-order valence-corrected chi connectivity index (χ0v) is 21.3. The number of anilines is 2. The van der Waals surface area contributed by atoms with E-state index in [1.165, 1.54) is 0 Å². The molecule has 2 aromatic rings. The molecule has 2 saturated heterocycles. The van der Waals surface area contributed by atoms with Gasteiger partial charge in [-0.25, -0.2) is 9.97 Å². The van der Waals surface area contributed by atoms with Crippen LogP contribution in [0.1, 0.15) is 56.5 Å². The summed E-state index contributed by atoms with van der Waals surface area (Å²) in [5.41, 5.74) is 1.22. The lowest BCUT2D eigenvalue weighted by atomic mass is 10.1. The fourth-order valence-corrected chi connectivity index (χ4v) is 5.56. The van der Waals surface area contributed by atoms with Crippen LogP contribution in [0, 0.1) is 0 Å². The first-order valence-electron chi connectivity index (χ1n) is 13.0. The molecule has 2 aliphatic rings. The maximum absolute atomic E-state index is 13.0. The van der Waals surface area contributed by atoms with Gasteiger partial charge in [0.1, 0.15) is 11.6 Å². The van der Waals surface area contributed by atoms with E-state index in [1.807, 2.05) is 24.3 Å². The van der Waals surface area contributed by atoms with Crippen LogP contribution in [0.5, 0.6) is 0 Å². The monoisotopic (exact) mass is 464 g/mol. The maximum atomic E-state index is 13.0. The van der Waals surface area contributed by atoms with Crippen LogP contribution in [0.3, 0.4) is 0 Å². The molecule has 184 valence electrons. The number of aromatic nitrogens is 2. The average Bonchev–Trinajstić information content (AvgIpc) is 3.56. The summed E-state index contributed by atoms with van der Waals surface area (Å²) in [5.74, 6) is 1.89. The van der Waals surface area contributed by atoms with Gasteiger partial charge in [0.05, 0.1) is 0 Å². The van der Waals surface area contributed by atoms with Crippen molar-refractivity contribution in [1.82, 2.24) is 19.8 Å². The largest absolute Gasteiger partial charge is 0.355 e. The first-order chi connectivity index (χ1) is 16.6. The Morgan fingerprint density at radius 2 is 1.18 bits per heavy atom. The van der Waals surface area contributed by atoms with Crippen LogP contribution in [0.4, 0.5) is 11.6 Å². The molecule has 2 aromatic heterocycles. The van der Waals surface area contributed by atoms with Crippen molar-refractivity contribution in [3.63, 3.8) is 0 Å². The number of hydrogen-bond donors (Lipinski definition) is 0. The minimum absolute atomic E-state index is 0.0250. The minimum Gasteiger partial charge on any atom is -0.355 e. The highest BCUT2D eigenvalue weighted by atomic mass is 16.1. The summed E-state index contributed by atoms with van der Waals surface area (Å²) in [5, 5.41) is 0. The van der Waals surface area contributed by atoms with Crippen molar-refractivity contribution < 1.29 is 4.79 Å². The standard InChI is InChI=1S/C27H40N6O/c1-5-30(6-2)23-13-15-32(19-23)25-11-9-21(17-28-25)27(34)22-10-12-26(29-18-22)33-16-14-24(20-33)31(7-3)8-4/h9-12,17-18,23-24H,5-8,13-16,19-20H2,1-4H3. The van der Waals surface area contributed by atoms with Crippen LogP contribution in [0.2, 0.25) is 0 Å². The number of pyridine rings is 2. The van der Waals surface area contributed by atoms with E-state index < -0.39 is 0 Å². The van der Waals surface area contributed by atoms with E-state index in [9.17, 15) is 4.79 Å². The Hall–Kier alpha value is -2.51. The van der Waals surface area contributed by atoms with E-state index in [1.54, 1.807) is 12.4 Å². The van der Waals surface area contributed by atoms with E-state index in [0.29, 0.717) is 23.2 Å². The molecule has 4 rings (SSSR count). The molecule has 0 bridgehead atoms. The molecule has 0 aliphatic carbocycles. The Kier molecular flexibility index (Phi) is 8.16. The van der Waals surface area contributed by atoms with Gasteiger partial charge in [0.2, 0.25) is 0 Å². The van der Waals surface area contributed by atoms with Crippen LogP contribution in [0.15, 0.2) is 36.7 Å². The minimum atomic E-state index is -0.0250. The Labute approximate surface area is 204 Å². The van der Waals surface area contributed by atoms with Gasteiger partial charge in [0, 0.05) is 61.8 Å². The number of carbonyl (C=O) groups excluding carboxylic acids is 1. The Morgan fingerprint density at radius 3 is 1.50 bits per heavy atom. The van der Waals surface area contributed by atoms with Gasteiger partial charge in [-0.3, -0.25) is 14.6 Å². The smallest absolute Gasteiger partial charge is 0.196 e. The molecule has 0 saturated carbocycles. The third-order valence-electron chi connectivity index (χ3n) is 7.65. The zero-order valence-electron chi connectivity index (χ0n) is 21.3. The van der Waals surface area contributed by atoms with Crippen molar-refractivity contribution in [2.24, 2.45) is 0 Å². The maximum Gasteiger partial charge on any atom is 0.196 e. The fourth-order valence-electron chi connectivity index (χ4n) is 5.56. The molecule has 2 fully saturated rings. The lowest BCUT2D eigenvalue weighted by Gasteiger charge is -2.26. The lowest BCUT2D eigenvalue weighted by molar-refractivity contribution is 0.103. The summed E-state index contributed by atoms with van der Waals surface area (Å²) in [4.78, 5) is 32.0. The van der Waals surface area contributed by atoms with E-state index in [-0.39, 0.29) is 5.78 Å². The fraction of sp³-hybridized carbons (Fsp3) is 0.593. The number of carbonyl (C=O) groups is 1. The van der Waals surface area contributed by atoms with Gasteiger partial charge in [-0.2, -0.15) is 0 Å². The molecule has 0 aromatic carbocycles. The predicted molar refractivity (Wildman–Crippen MR) is 139 cm³/mol. The van der Waals surface area contributed by atoms with Gasteiger partial charge in [-0.15, -0.1) is 0 Å². The second kappa shape index (κ2) is 11.3. The van der Waals surface area contributed by atoms with Crippen LogP contribution < -0.4 is 9.80 Å². The summed E-state index contributed by atoms with van der Waals surface area (Å²) in [7, 11) is 0. The van der Waals surface area contributed by atoms with Crippen molar-refractivity contribution >= 4 is 17.4 Å². The Balaban J connectivity index is 1.36. The normalized spacial score (nSPS) is 20.6. The van der Waals surface area contributed by atoms with Gasteiger partial charge in [-0.1, -0.05) is 27.7 Å². The summed E-state index contributed by atoms with van der Waals surface area (Å²) in [6, 6.07) is 8.94. The van der Waals surface area contributed by atoms with Gasteiger partial charge < -0.3 is 9.80 Å². The highest BCUT2D eigenvalue weighted by Gasteiger charge is 2.28. The second-order valence-electron chi connectivity index (χ2n) is 9.36. The number of hydrogen-bond acceptors (Lipinski definition) is 7. The van der Waals surface area contributed by atoms with Crippen LogP contribution in [-0.4, -0.2) is 90.0 Å². The van der Waals surface area contributed by atoms with Crippen LogP contribution >= 0.6 is 0 Å². The molecule has 0 radical (unpaired) electrons. The number of ketones is 1. The van der Waals surface area contributed by atoms with E-state index in [2.05, 4.69) is 57.3 Å². The molecular weight excluding hydrogens is 424 g/mol. The average molecular weight is 465 g/mol. The molecule has 4 heterocycles. The molecule has 2 atom stereocenters. The van der Waals surface area contributed by atoms with Crippen LogP contribution in [0.25, 0.3) is 0 Å². The summed E-state index contributed by atoms with van der Waals surface area (Å²) < 4.78 is 0. The Morgan fingerprint density at radius 1 is 0.765 bits per heavy atom. The van der Waals surface area contributed by atoms with Crippen molar-refractivity contribution in [3.05, 3.63) is 47.8 Å². The summed E-state index contributed by atoms with van der Waals surface area (Å²) >= 11 is 0. The van der Waals surface area contributed by atoms with Crippen LogP contribution in [-0.2, 0) is 0 Å². The molecule has 2 unspecified atom stereocenters. The molecule has 34 heavy (non-hydrogen) atoms. The predicted octanol–water partition coefficient (Wildman–Crippen LogP) is 3.55. The molecule has 0 N–H and O–H groups in total. The highest BCUT2D eigenvalue weighted by molar-refractivity contribution is 6.08. The van der Waals surface area contributed by atoms with Crippen molar-refractivity contribution in [1.29, 1.82) is 0 Å². The van der Waals surface area contributed by atoms with Crippen molar-refractivity contribution in [2.75, 3.05) is 62.2 Å². The Bertz CT molecular complexity index is 848. The molecule has 2 aliphatic heterocycles. The SMILES string of the molecule is CCN(CC)C1CCN(c2ccc(C(=O)c3ccc(N4CCC(N(CC)CC)C4)nc3)cn2)C1. The first-order valence-corrected chi connectivity index (χ1v) is 13.0. The number of likely N-dealkylation sites (N-methyl/N-ethyl adjacent to an activating group) is 2. The highest BCUT2D eigenvalue weighted by Crippen LogP contribution is 2.24. The topological polar surface area (TPSA) is 55.8 Å². The van der Waals surface area contributed by atoms with E-state index in [4.69, 9.17) is 0 Å². The number of rotatable bonds is 10. The van der Waals surface area contributed by atoms with Crippen molar-refractivity contribution in [3.8, 4) is 0 Å². The molecule has 7 nitrogen and oxygen atoms in total. The molecular formula is C27H40N6O. The summed E-state index contributed by atoms with van der Waals surface area (Å²) in [6.45, 7) is 17.2. The zero-order chi connectivity index (χ0) is 24.1. The summed E-state index contributed by atoms with van der Waals surface area (Å²) in [6.07, 6.45) is 5.75. The van der Waals surface area contributed by atoms with Gasteiger partial charge >= 0.3 is 0 Å². The van der Waals surface area contributed by atoms with E-state index >= 15 is 0 Å². The first kappa shape index (κ1) is 24.6. The lowest BCUT2D eigenvalue weighted by Crippen LogP contribution is -2.37. The third kappa shape index (κ3) is 5.26. The molecule has 0 spiro atoms. The van der Waals surface area contributed by atoms with Gasteiger partial charge in [-0.05, 0) is 63.3 Å². The quantitative estimate of drug-likeness (QED) is 0.499. The molecule has 7 heteroatoms. The van der Waals surface area contributed by atoms with Crippen molar-refractivity contribution in [2.45, 2.75) is 52.6 Å². The number of nitrogens with zero attached hydrogens (tertiary/aromatic N) is 6. The molecule has 0 amide bonds. The van der Waals surface area contributed by atoms with E-state index in [0.717, 1.165) is 76.8 Å². The van der Waals surface area contributed by atoms with Gasteiger partial charge in [0.15, 0.2) is 5.78 Å². The second-order valence-corrected chi connectivity index (χ2v) is 9.36. The van der Waals surface area contributed by atoms with Gasteiger partial charge in [0.25, 0.3) is 0 Å². The third-order valence-corrected chi connectivity index (χ3v) is 7.65.